The number of fused-ring (bicyclic) bond motifs is 1. The van der Waals surface area contributed by atoms with Crippen LogP contribution in [0.5, 0.6) is 0 Å². The third kappa shape index (κ3) is 2.94. The van der Waals surface area contributed by atoms with E-state index in [2.05, 4.69) is 5.32 Å². The van der Waals surface area contributed by atoms with Crippen molar-refractivity contribution in [2.24, 2.45) is 0 Å². The molecule has 0 aromatic carbocycles. The first-order valence-corrected chi connectivity index (χ1v) is 9.18. The zero-order valence-corrected chi connectivity index (χ0v) is 13.3. The second-order valence-electron chi connectivity index (χ2n) is 7.45. The van der Waals surface area contributed by atoms with Crippen molar-refractivity contribution in [1.29, 1.82) is 0 Å². The van der Waals surface area contributed by atoms with Crippen molar-refractivity contribution in [2.75, 3.05) is 6.54 Å². The van der Waals surface area contributed by atoms with Crippen LogP contribution in [-0.4, -0.2) is 48.1 Å². The maximum Gasteiger partial charge on any atom is 0.190 e. The Hall–Kier alpha value is -0.200. The normalized spacial score (nSPS) is 41.9. The summed E-state index contributed by atoms with van der Waals surface area (Å²) in [5, 5.41) is 14.1. The average molecular weight is 311 g/mol. The number of ether oxygens (including phenoxy) is 3. The lowest BCUT2D eigenvalue weighted by atomic mass is 9.94. The van der Waals surface area contributed by atoms with Gasteiger partial charge in [0.1, 0.15) is 18.3 Å². The molecule has 0 amide bonds. The zero-order valence-electron chi connectivity index (χ0n) is 13.3. The summed E-state index contributed by atoms with van der Waals surface area (Å²) in [6.07, 6.45) is 10.4. The standard InChI is InChI=1S/C17H29NO4/c19-14-13(11-18-12-7-3-1-4-8-12)20-16-15(14)21-17(22-16)9-5-2-6-10-17/h12-16,18-19H,1-11H2/t13-,14+,15-,16-/m1/s1. The van der Waals surface area contributed by atoms with E-state index in [1.807, 2.05) is 0 Å². The number of aliphatic hydroxyl groups is 1. The molecule has 4 atom stereocenters. The number of aliphatic hydroxyl groups excluding tert-OH is 1. The van der Waals surface area contributed by atoms with Gasteiger partial charge in [0, 0.05) is 25.4 Å². The Morgan fingerprint density at radius 2 is 1.68 bits per heavy atom. The van der Waals surface area contributed by atoms with E-state index in [0.29, 0.717) is 12.6 Å². The second-order valence-corrected chi connectivity index (χ2v) is 7.45. The smallest absolute Gasteiger partial charge is 0.190 e. The minimum Gasteiger partial charge on any atom is -0.387 e. The highest BCUT2D eigenvalue weighted by Gasteiger charge is 2.57. The van der Waals surface area contributed by atoms with Gasteiger partial charge in [0.15, 0.2) is 12.1 Å². The van der Waals surface area contributed by atoms with Crippen LogP contribution in [0.15, 0.2) is 0 Å². The highest BCUT2D eigenvalue weighted by molar-refractivity contribution is 4.96. The van der Waals surface area contributed by atoms with Crippen LogP contribution in [-0.2, 0) is 14.2 Å². The quantitative estimate of drug-likeness (QED) is 0.835. The van der Waals surface area contributed by atoms with Crippen LogP contribution in [0.4, 0.5) is 0 Å². The number of rotatable bonds is 3. The molecule has 5 nitrogen and oxygen atoms in total. The van der Waals surface area contributed by atoms with Crippen LogP contribution in [0.25, 0.3) is 0 Å². The minimum absolute atomic E-state index is 0.210. The van der Waals surface area contributed by atoms with Gasteiger partial charge in [-0.05, 0) is 25.7 Å². The highest BCUT2D eigenvalue weighted by Crippen LogP contribution is 2.44. The van der Waals surface area contributed by atoms with Crippen molar-refractivity contribution in [3.05, 3.63) is 0 Å². The van der Waals surface area contributed by atoms with E-state index < -0.39 is 11.9 Å². The van der Waals surface area contributed by atoms with Gasteiger partial charge in [-0.3, -0.25) is 0 Å². The number of hydrogen-bond donors (Lipinski definition) is 2. The molecule has 5 heteroatoms. The van der Waals surface area contributed by atoms with Crippen LogP contribution in [0.3, 0.4) is 0 Å². The molecule has 126 valence electrons. The topological polar surface area (TPSA) is 60.0 Å². The Bertz CT molecular complexity index is 379. The molecule has 2 N–H and O–H groups in total. The molecule has 0 radical (unpaired) electrons. The van der Waals surface area contributed by atoms with Gasteiger partial charge in [-0.15, -0.1) is 0 Å². The van der Waals surface area contributed by atoms with Crippen molar-refractivity contribution in [3.8, 4) is 0 Å². The van der Waals surface area contributed by atoms with Crippen LogP contribution in [0.1, 0.15) is 64.2 Å². The molecule has 2 saturated heterocycles. The molecular formula is C17H29NO4. The molecular weight excluding hydrogens is 282 g/mol. The van der Waals surface area contributed by atoms with E-state index in [9.17, 15) is 5.11 Å². The molecule has 22 heavy (non-hydrogen) atoms. The molecule has 4 fully saturated rings. The van der Waals surface area contributed by atoms with Gasteiger partial charge in [-0.2, -0.15) is 0 Å². The summed E-state index contributed by atoms with van der Waals surface area (Å²) in [7, 11) is 0. The van der Waals surface area contributed by atoms with Gasteiger partial charge < -0.3 is 24.6 Å². The van der Waals surface area contributed by atoms with Crippen LogP contribution in [0.2, 0.25) is 0 Å². The fraction of sp³-hybridized carbons (Fsp3) is 1.00. The first-order chi connectivity index (χ1) is 10.8. The summed E-state index contributed by atoms with van der Waals surface area (Å²) < 4.78 is 18.2. The van der Waals surface area contributed by atoms with E-state index >= 15 is 0 Å². The van der Waals surface area contributed by atoms with E-state index in [-0.39, 0.29) is 18.5 Å². The van der Waals surface area contributed by atoms with Crippen LogP contribution in [0, 0.1) is 0 Å². The lowest BCUT2D eigenvalue weighted by Crippen LogP contribution is -2.44. The summed E-state index contributed by atoms with van der Waals surface area (Å²) in [6, 6.07) is 0.580. The van der Waals surface area contributed by atoms with Crippen molar-refractivity contribution < 1.29 is 19.3 Å². The largest absolute Gasteiger partial charge is 0.387 e. The van der Waals surface area contributed by atoms with Crippen molar-refractivity contribution in [1.82, 2.24) is 5.32 Å². The number of nitrogens with one attached hydrogen (secondary N) is 1. The first kappa shape index (κ1) is 15.3. The lowest BCUT2D eigenvalue weighted by Gasteiger charge is -2.33. The molecule has 2 saturated carbocycles. The van der Waals surface area contributed by atoms with Crippen molar-refractivity contribution in [2.45, 2.75) is 101 Å². The van der Waals surface area contributed by atoms with E-state index in [1.165, 1.54) is 38.5 Å². The van der Waals surface area contributed by atoms with E-state index in [0.717, 1.165) is 25.7 Å². The monoisotopic (exact) mass is 311 g/mol. The van der Waals surface area contributed by atoms with Gasteiger partial charge in [-0.1, -0.05) is 25.7 Å². The fourth-order valence-electron chi connectivity index (χ4n) is 4.49. The predicted molar refractivity (Wildman–Crippen MR) is 81.3 cm³/mol. The van der Waals surface area contributed by atoms with Gasteiger partial charge in [0.05, 0.1) is 0 Å². The molecule has 2 aliphatic carbocycles. The van der Waals surface area contributed by atoms with E-state index in [1.54, 1.807) is 0 Å². The second kappa shape index (κ2) is 6.36. The molecule has 4 rings (SSSR count). The third-order valence-corrected chi connectivity index (χ3v) is 5.80. The Morgan fingerprint density at radius 3 is 2.41 bits per heavy atom. The SMILES string of the molecule is O[C@@H]1[C@H]2OC3(CCCCC3)O[C@H]2O[C@@H]1CNC1CCCCC1. The Morgan fingerprint density at radius 1 is 0.955 bits per heavy atom. The average Bonchev–Trinajstić information content (AvgIpc) is 3.03. The summed E-state index contributed by atoms with van der Waals surface area (Å²) >= 11 is 0. The summed E-state index contributed by atoms with van der Waals surface area (Å²) in [6.45, 7) is 0.693. The molecule has 0 aromatic rings. The molecule has 4 aliphatic rings. The Balaban J connectivity index is 1.29. The predicted octanol–water partition coefficient (Wildman–Crippen LogP) is 2.07. The van der Waals surface area contributed by atoms with Gasteiger partial charge in [0.25, 0.3) is 0 Å². The summed E-state index contributed by atoms with van der Waals surface area (Å²) in [4.78, 5) is 0. The molecule has 2 heterocycles. The Kier molecular flexibility index (Phi) is 4.43. The first-order valence-electron chi connectivity index (χ1n) is 9.18. The molecule has 1 spiro atoms. The molecule has 2 aliphatic heterocycles. The van der Waals surface area contributed by atoms with Gasteiger partial charge in [0.2, 0.25) is 0 Å². The van der Waals surface area contributed by atoms with Crippen molar-refractivity contribution in [3.63, 3.8) is 0 Å². The lowest BCUT2D eigenvalue weighted by molar-refractivity contribution is -0.245. The van der Waals surface area contributed by atoms with Crippen LogP contribution >= 0.6 is 0 Å². The zero-order chi connectivity index (χ0) is 15.0. The molecule has 0 unspecified atom stereocenters. The van der Waals surface area contributed by atoms with Crippen molar-refractivity contribution >= 4 is 0 Å². The van der Waals surface area contributed by atoms with E-state index in [4.69, 9.17) is 14.2 Å². The molecule has 0 aromatic heterocycles. The van der Waals surface area contributed by atoms with Gasteiger partial charge in [-0.25, -0.2) is 0 Å². The third-order valence-electron chi connectivity index (χ3n) is 5.80. The highest BCUT2D eigenvalue weighted by atomic mass is 16.8. The Labute approximate surface area is 132 Å². The maximum atomic E-state index is 10.5. The summed E-state index contributed by atoms with van der Waals surface area (Å²) in [5.41, 5.74) is 0. The minimum atomic E-state index is -0.581. The fourth-order valence-corrected chi connectivity index (χ4v) is 4.49. The van der Waals surface area contributed by atoms with Crippen LogP contribution < -0.4 is 5.32 Å². The maximum absolute atomic E-state index is 10.5. The molecule has 0 bridgehead atoms. The number of hydrogen-bond acceptors (Lipinski definition) is 5. The summed E-state index contributed by atoms with van der Waals surface area (Å²) in [5.74, 6) is -0.476. The van der Waals surface area contributed by atoms with Gasteiger partial charge >= 0.3 is 0 Å².